The Labute approximate surface area is 123 Å². The quantitative estimate of drug-likeness (QED) is 0.857. The molecule has 6 nitrogen and oxygen atoms in total. The molecule has 6 heteroatoms. The van der Waals surface area contributed by atoms with Crippen LogP contribution < -0.4 is 10.6 Å². The van der Waals surface area contributed by atoms with Crippen LogP contribution in [0.3, 0.4) is 0 Å². The van der Waals surface area contributed by atoms with Crippen LogP contribution in [0.25, 0.3) is 11.0 Å². The standard InChI is InChI=1S/C15H20N4O2/c1-11-18-12-4-2-3-5-14(12)19(11)8-6-17-15(20)13-10-21-9-7-16-13/h2-5,13,16H,6-10H2,1H3,(H,17,20). The van der Waals surface area contributed by atoms with E-state index < -0.39 is 0 Å². The molecule has 1 fully saturated rings. The number of carbonyl (C=O) groups excluding carboxylic acids is 1. The number of hydrogen-bond donors (Lipinski definition) is 2. The molecule has 2 heterocycles. The molecule has 1 aliphatic heterocycles. The summed E-state index contributed by atoms with van der Waals surface area (Å²) in [4.78, 5) is 16.5. The maximum absolute atomic E-state index is 12.0. The van der Waals surface area contributed by atoms with Crippen molar-refractivity contribution in [1.29, 1.82) is 0 Å². The summed E-state index contributed by atoms with van der Waals surface area (Å²) in [6.45, 7) is 5.12. The number of carbonyl (C=O) groups is 1. The third-order valence-electron chi connectivity index (χ3n) is 3.72. The second kappa shape index (κ2) is 6.24. The fourth-order valence-electron chi connectivity index (χ4n) is 2.63. The zero-order valence-electron chi connectivity index (χ0n) is 12.1. The molecule has 3 rings (SSSR count). The predicted octanol–water partition coefficient (Wildman–Crippen LogP) is 0.449. The summed E-state index contributed by atoms with van der Waals surface area (Å²) in [6.07, 6.45) is 0. The molecule has 1 unspecified atom stereocenters. The van der Waals surface area contributed by atoms with Crippen LogP contribution in [0.2, 0.25) is 0 Å². The van der Waals surface area contributed by atoms with Crippen LogP contribution in [0.15, 0.2) is 24.3 Å². The van der Waals surface area contributed by atoms with E-state index in [2.05, 4.69) is 20.2 Å². The Bertz CT molecular complexity index is 632. The SMILES string of the molecule is Cc1nc2ccccc2n1CCNC(=O)C1COCCN1. The Hall–Kier alpha value is -1.92. The lowest BCUT2D eigenvalue weighted by Crippen LogP contribution is -2.51. The molecule has 112 valence electrons. The number of fused-ring (bicyclic) bond motifs is 1. The van der Waals surface area contributed by atoms with Crippen molar-refractivity contribution in [2.24, 2.45) is 0 Å². The zero-order chi connectivity index (χ0) is 14.7. The number of hydrogen-bond acceptors (Lipinski definition) is 4. The highest BCUT2D eigenvalue weighted by Gasteiger charge is 2.20. The zero-order valence-corrected chi connectivity index (χ0v) is 12.1. The molecular formula is C15H20N4O2. The normalized spacial score (nSPS) is 18.8. The van der Waals surface area contributed by atoms with Crippen LogP contribution in [-0.4, -0.2) is 47.8 Å². The van der Waals surface area contributed by atoms with Gasteiger partial charge in [-0.2, -0.15) is 0 Å². The molecule has 2 aromatic rings. The molecule has 1 amide bonds. The van der Waals surface area contributed by atoms with Crippen LogP contribution in [-0.2, 0) is 16.1 Å². The minimum atomic E-state index is -0.237. The van der Waals surface area contributed by atoms with Gasteiger partial charge in [0.1, 0.15) is 11.9 Å². The van der Waals surface area contributed by atoms with Crippen molar-refractivity contribution in [2.75, 3.05) is 26.3 Å². The molecule has 0 radical (unpaired) electrons. The summed E-state index contributed by atoms with van der Waals surface area (Å²) < 4.78 is 7.42. The van der Waals surface area contributed by atoms with E-state index in [1.807, 2.05) is 31.2 Å². The molecule has 1 aromatic heterocycles. The predicted molar refractivity (Wildman–Crippen MR) is 80.1 cm³/mol. The summed E-state index contributed by atoms with van der Waals surface area (Å²) in [5, 5.41) is 6.10. The molecule has 1 atom stereocenters. The van der Waals surface area contributed by atoms with Crippen molar-refractivity contribution in [3.63, 3.8) is 0 Å². The molecule has 21 heavy (non-hydrogen) atoms. The number of ether oxygens (including phenoxy) is 1. The van der Waals surface area contributed by atoms with E-state index in [-0.39, 0.29) is 11.9 Å². The van der Waals surface area contributed by atoms with Crippen LogP contribution in [0.1, 0.15) is 5.82 Å². The molecule has 1 saturated heterocycles. The number of benzene rings is 1. The van der Waals surface area contributed by atoms with Gasteiger partial charge < -0.3 is 19.9 Å². The van der Waals surface area contributed by atoms with Crippen molar-refractivity contribution in [1.82, 2.24) is 20.2 Å². The lowest BCUT2D eigenvalue weighted by atomic mass is 10.2. The van der Waals surface area contributed by atoms with Gasteiger partial charge in [0.2, 0.25) is 5.91 Å². The Morgan fingerprint density at radius 1 is 1.52 bits per heavy atom. The van der Waals surface area contributed by atoms with E-state index in [1.54, 1.807) is 0 Å². The Kier molecular flexibility index (Phi) is 4.17. The third kappa shape index (κ3) is 3.06. The summed E-state index contributed by atoms with van der Waals surface area (Å²) in [5.74, 6) is 0.960. The number of aromatic nitrogens is 2. The van der Waals surface area contributed by atoms with Gasteiger partial charge in [0.25, 0.3) is 0 Å². The highest BCUT2D eigenvalue weighted by molar-refractivity contribution is 5.82. The lowest BCUT2D eigenvalue weighted by Gasteiger charge is -2.23. The second-order valence-corrected chi connectivity index (χ2v) is 5.17. The van der Waals surface area contributed by atoms with E-state index in [0.717, 1.165) is 23.4 Å². The first-order chi connectivity index (χ1) is 10.3. The molecular weight excluding hydrogens is 268 g/mol. The Balaban J connectivity index is 1.59. The Morgan fingerprint density at radius 3 is 3.19 bits per heavy atom. The van der Waals surface area contributed by atoms with Crippen molar-refractivity contribution >= 4 is 16.9 Å². The largest absolute Gasteiger partial charge is 0.378 e. The van der Waals surface area contributed by atoms with Gasteiger partial charge in [-0.05, 0) is 19.1 Å². The van der Waals surface area contributed by atoms with Crippen LogP contribution >= 0.6 is 0 Å². The van der Waals surface area contributed by atoms with Crippen LogP contribution in [0, 0.1) is 6.92 Å². The van der Waals surface area contributed by atoms with Gasteiger partial charge in [0.05, 0.1) is 24.2 Å². The van der Waals surface area contributed by atoms with Crippen LogP contribution in [0.4, 0.5) is 0 Å². The summed E-state index contributed by atoms with van der Waals surface area (Å²) in [7, 11) is 0. The van der Waals surface area contributed by atoms with E-state index in [0.29, 0.717) is 26.3 Å². The first-order valence-corrected chi connectivity index (χ1v) is 7.26. The van der Waals surface area contributed by atoms with Gasteiger partial charge in [0.15, 0.2) is 0 Å². The monoisotopic (exact) mass is 288 g/mol. The van der Waals surface area contributed by atoms with Gasteiger partial charge in [-0.25, -0.2) is 4.98 Å². The number of nitrogens with zero attached hydrogens (tertiary/aromatic N) is 2. The number of amides is 1. The number of para-hydroxylation sites is 2. The lowest BCUT2D eigenvalue weighted by molar-refractivity contribution is -0.125. The fraction of sp³-hybridized carbons (Fsp3) is 0.467. The molecule has 0 aliphatic carbocycles. The minimum absolute atomic E-state index is 0.00299. The molecule has 0 saturated carbocycles. The van der Waals surface area contributed by atoms with Crippen molar-refractivity contribution in [3.8, 4) is 0 Å². The number of rotatable bonds is 4. The van der Waals surface area contributed by atoms with Gasteiger partial charge in [0, 0.05) is 19.6 Å². The van der Waals surface area contributed by atoms with Crippen molar-refractivity contribution in [2.45, 2.75) is 19.5 Å². The minimum Gasteiger partial charge on any atom is -0.378 e. The number of nitrogens with one attached hydrogen (secondary N) is 2. The average Bonchev–Trinajstić information content (AvgIpc) is 2.84. The first kappa shape index (κ1) is 14.0. The summed E-state index contributed by atoms with van der Waals surface area (Å²) >= 11 is 0. The van der Waals surface area contributed by atoms with Crippen molar-refractivity contribution in [3.05, 3.63) is 30.1 Å². The molecule has 1 aliphatic rings. The molecule has 2 N–H and O–H groups in total. The maximum Gasteiger partial charge on any atom is 0.239 e. The average molecular weight is 288 g/mol. The molecule has 0 spiro atoms. The van der Waals surface area contributed by atoms with E-state index in [9.17, 15) is 4.79 Å². The second-order valence-electron chi connectivity index (χ2n) is 5.17. The maximum atomic E-state index is 12.0. The van der Waals surface area contributed by atoms with E-state index in [1.165, 1.54) is 0 Å². The van der Waals surface area contributed by atoms with Gasteiger partial charge in [-0.15, -0.1) is 0 Å². The third-order valence-corrected chi connectivity index (χ3v) is 3.72. The smallest absolute Gasteiger partial charge is 0.239 e. The molecule has 0 bridgehead atoms. The fourth-order valence-corrected chi connectivity index (χ4v) is 2.63. The van der Waals surface area contributed by atoms with Gasteiger partial charge in [-0.3, -0.25) is 4.79 Å². The summed E-state index contributed by atoms with van der Waals surface area (Å²) in [5.41, 5.74) is 2.09. The first-order valence-electron chi connectivity index (χ1n) is 7.26. The topological polar surface area (TPSA) is 68.2 Å². The Morgan fingerprint density at radius 2 is 2.38 bits per heavy atom. The van der Waals surface area contributed by atoms with Gasteiger partial charge >= 0.3 is 0 Å². The summed E-state index contributed by atoms with van der Waals surface area (Å²) in [6, 6.07) is 7.80. The number of morpholine rings is 1. The highest BCUT2D eigenvalue weighted by Crippen LogP contribution is 2.14. The van der Waals surface area contributed by atoms with E-state index in [4.69, 9.17) is 4.74 Å². The van der Waals surface area contributed by atoms with Crippen molar-refractivity contribution < 1.29 is 9.53 Å². The number of imidazole rings is 1. The highest BCUT2D eigenvalue weighted by atomic mass is 16.5. The van der Waals surface area contributed by atoms with Gasteiger partial charge in [-0.1, -0.05) is 12.1 Å². The molecule has 1 aromatic carbocycles. The van der Waals surface area contributed by atoms with Crippen LogP contribution in [0.5, 0.6) is 0 Å². The van der Waals surface area contributed by atoms with E-state index >= 15 is 0 Å². The number of aryl methyl sites for hydroxylation is 1.